The fourth-order valence-corrected chi connectivity index (χ4v) is 3.50. The molecule has 0 unspecified atom stereocenters. The normalized spacial score (nSPS) is 10.9. The van der Waals surface area contributed by atoms with Crippen molar-refractivity contribution in [3.8, 4) is 17.1 Å². The predicted octanol–water partition coefficient (Wildman–Crippen LogP) is 3.43. The van der Waals surface area contributed by atoms with Crippen LogP contribution in [0.15, 0.2) is 54.6 Å². The molecule has 4 rings (SSSR count). The maximum atomic E-state index is 12.2. The van der Waals surface area contributed by atoms with Crippen LogP contribution in [0, 0.1) is 0 Å². The molecule has 0 atom stereocenters. The van der Waals surface area contributed by atoms with Crippen LogP contribution in [-0.2, 0) is 11.2 Å². The van der Waals surface area contributed by atoms with E-state index in [0.29, 0.717) is 34.5 Å². The lowest BCUT2D eigenvalue weighted by Crippen LogP contribution is -2.12. The molecule has 2 heterocycles. The summed E-state index contributed by atoms with van der Waals surface area (Å²) in [5.41, 5.74) is 1.92. The minimum Gasteiger partial charge on any atom is -0.496 e. The van der Waals surface area contributed by atoms with Gasteiger partial charge >= 0.3 is 0 Å². The van der Waals surface area contributed by atoms with Crippen LogP contribution in [0.25, 0.3) is 16.3 Å². The van der Waals surface area contributed by atoms with E-state index in [1.54, 1.807) is 11.6 Å². The van der Waals surface area contributed by atoms with Gasteiger partial charge in [0.2, 0.25) is 16.0 Å². The van der Waals surface area contributed by atoms with E-state index in [-0.39, 0.29) is 5.91 Å². The Balaban J connectivity index is 1.51. The van der Waals surface area contributed by atoms with Crippen LogP contribution in [0.2, 0.25) is 0 Å². The highest BCUT2D eigenvalue weighted by Crippen LogP contribution is 2.30. The summed E-state index contributed by atoms with van der Waals surface area (Å²) in [6, 6.07) is 17.5. The number of nitrogens with zero attached hydrogens (tertiary/aromatic N) is 4. The molecule has 0 radical (unpaired) electrons. The Morgan fingerprint density at radius 2 is 1.89 bits per heavy atom. The molecule has 0 spiro atoms. The number of carbonyl (C=O) groups is 1. The zero-order valence-electron chi connectivity index (χ0n) is 14.6. The smallest absolute Gasteiger partial charge is 0.236 e. The molecule has 27 heavy (non-hydrogen) atoms. The zero-order valence-corrected chi connectivity index (χ0v) is 15.4. The van der Waals surface area contributed by atoms with Gasteiger partial charge in [-0.25, -0.2) is 0 Å². The highest BCUT2D eigenvalue weighted by Gasteiger charge is 2.17. The molecule has 7 nitrogen and oxygen atoms in total. The SMILES string of the molecule is COc1ccccc1-c1nnc2sc(NC(=O)CCc3ccccc3)nn12. The predicted molar refractivity (Wildman–Crippen MR) is 104 cm³/mol. The van der Waals surface area contributed by atoms with Crippen molar-refractivity contribution in [1.82, 2.24) is 19.8 Å². The molecule has 1 amide bonds. The number of aromatic nitrogens is 4. The number of para-hydroxylation sites is 1. The van der Waals surface area contributed by atoms with E-state index < -0.39 is 0 Å². The van der Waals surface area contributed by atoms with Crippen molar-refractivity contribution in [3.05, 3.63) is 60.2 Å². The number of anilines is 1. The molecule has 4 aromatic rings. The summed E-state index contributed by atoms with van der Waals surface area (Å²) < 4.78 is 7.01. The molecule has 0 saturated carbocycles. The van der Waals surface area contributed by atoms with E-state index in [2.05, 4.69) is 20.6 Å². The quantitative estimate of drug-likeness (QED) is 0.555. The van der Waals surface area contributed by atoms with Crippen LogP contribution in [0.1, 0.15) is 12.0 Å². The molecule has 8 heteroatoms. The second-order valence-corrected chi connectivity index (χ2v) is 6.82. The van der Waals surface area contributed by atoms with Gasteiger partial charge < -0.3 is 10.1 Å². The molecule has 136 valence electrons. The van der Waals surface area contributed by atoms with Gasteiger partial charge in [-0.3, -0.25) is 4.79 Å². The average Bonchev–Trinajstić information content (AvgIpc) is 3.27. The van der Waals surface area contributed by atoms with Crippen molar-refractivity contribution in [2.75, 3.05) is 12.4 Å². The minimum absolute atomic E-state index is 0.0809. The summed E-state index contributed by atoms with van der Waals surface area (Å²) in [5, 5.41) is 16.1. The number of hydrogen-bond donors (Lipinski definition) is 1. The molecule has 0 saturated heterocycles. The summed E-state index contributed by atoms with van der Waals surface area (Å²) in [4.78, 5) is 12.8. The van der Waals surface area contributed by atoms with Gasteiger partial charge in [0.15, 0.2) is 5.82 Å². The second-order valence-electron chi connectivity index (χ2n) is 5.86. The first-order chi connectivity index (χ1) is 13.2. The first-order valence-electron chi connectivity index (χ1n) is 8.44. The number of fused-ring (bicyclic) bond motifs is 1. The standard InChI is InChI=1S/C19H17N5O2S/c1-26-15-10-6-5-9-14(15)17-21-22-19-24(17)23-18(27-19)20-16(25)12-11-13-7-3-2-4-8-13/h2-10H,11-12H2,1H3,(H,20,23,25). The van der Waals surface area contributed by atoms with Crippen LogP contribution >= 0.6 is 11.3 Å². The highest BCUT2D eigenvalue weighted by atomic mass is 32.1. The fraction of sp³-hybridized carbons (Fsp3) is 0.158. The number of hydrogen-bond acceptors (Lipinski definition) is 6. The van der Waals surface area contributed by atoms with E-state index in [1.807, 2.05) is 54.6 Å². The Morgan fingerprint density at radius 3 is 2.70 bits per heavy atom. The van der Waals surface area contributed by atoms with Crippen LogP contribution in [0.3, 0.4) is 0 Å². The molecule has 2 aromatic carbocycles. The lowest BCUT2D eigenvalue weighted by molar-refractivity contribution is -0.116. The van der Waals surface area contributed by atoms with E-state index in [0.717, 1.165) is 11.1 Å². The van der Waals surface area contributed by atoms with Gasteiger partial charge in [-0.05, 0) is 24.1 Å². The van der Waals surface area contributed by atoms with Crippen LogP contribution < -0.4 is 10.1 Å². The van der Waals surface area contributed by atoms with Gasteiger partial charge in [-0.1, -0.05) is 53.8 Å². The number of ether oxygens (including phenoxy) is 1. The summed E-state index contributed by atoms with van der Waals surface area (Å²) in [6.45, 7) is 0. The van der Waals surface area contributed by atoms with Gasteiger partial charge in [0.1, 0.15) is 5.75 Å². The van der Waals surface area contributed by atoms with Gasteiger partial charge in [0.25, 0.3) is 0 Å². The van der Waals surface area contributed by atoms with Crippen molar-refractivity contribution in [1.29, 1.82) is 0 Å². The van der Waals surface area contributed by atoms with Crippen LogP contribution in [0.5, 0.6) is 5.75 Å². The molecular formula is C19H17N5O2S. The molecule has 0 fully saturated rings. The maximum absolute atomic E-state index is 12.2. The zero-order chi connectivity index (χ0) is 18.6. The van der Waals surface area contributed by atoms with Crippen molar-refractivity contribution < 1.29 is 9.53 Å². The number of carbonyl (C=O) groups excluding carboxylic acids is 1. The molecule has 0 aliphatic carbocycles. The third kappa shape index (κ3) is 3.65. The largest absolute Gasteiger partial charge is 0.496 e. The first kappa shape index (κ1) is 17.2. The topological polar surface area (TPSA) is 81.4 Å². The van der Waals surface area contributed by atoms with Crippen molar-refractivity contribution in [3.63, 3.8) is 0 Å². The Kier molecular flexibility index (Phi) is 4.80. The third-order valence-corrected chi connectivity index (χ3v) is 4.88. The van der Waals surface area contributed by atoms with Crippen molar-refractivity contribution in [2.24, 2.45) is 0 Å². The Bertz CT molecular complexity index is 1070. The Labute approximate surface area is 159 Å². The van der Waals surface area contributed by atoms with E-state index >= 15 is 0 Å². The number of methoxy groups -OCH3 is 1. The first-order valence-corrected chi connectivity index (χ1v) is 9.25. The van der Waals surface area contributed by atoms with Gasteiger partial charge in [0.05, 0.1) is 12.7 Å². The fourth-order valence-electron chi connectivity index (χ4n) is 2.75. The lowest BCUT2D eigenvalue weighted by Gasteiger charge is -2.05. The third-order valence-electron chi connectivity index (χ3n) is 4.07. The molecule has 0 bridgehead atoms. The molecule has 1 N–H and O–H groups in total. The molecule has 0 aliphatic rings. The Morgan fingerprint density at radius 1 is 1.11 bits per heavy atom. The van der Waals surface area contributed by atoms with E-state index in [1.165, 1.54) is 11.3 Å². The lowest BCUT2D eigenvalue weighted by atomic mass is 10.1. The van der Waals surface area contributed by atoms with Crippen LogP contribution in [0.4, 0.5) is 5.13 Å². The molecular weight excluding hydrogens is 362 g/mol. The second kappa shape index (κ2) is 7.55. The van der Waals surface area contributed by atoms with Gasteiger partial charge in [-0.2, -0.15) is 4.52 Å². The van der Waals surface area contributed by atoms with Crippen molar-refractivity contribution in [2.45, 2.75) is 12.8 Å². The number of aryl methyl sites for hydroxylation is 1. The Hall–Kier alpha value is -3.26. The molecule has 2 aromatic heterocycles. The summed E-state index contributed by atoms with van der Waals surface area (Å²) >= 11 is 1.28. The highest BCUT2D eigenvalue weighted by molar-refractivity contribution is 7.20. The number of amides is 1. The number of nitrogens with one attached hydrogen (secondary N) is 1. The maximum Gasteiger partial charge on any atom is 0.236 e. The monoisotopic (exact) mass is 379 g/mol. The summed E-state index contributed by atoms with van der Waals surface area (Å²) in [7, 11) is 1.61. The average molecular weight is 379 g/mol. The van der Waals surface area contributed by atoms with E-state index in [4.69, 9.17) is 4.74 Å². The van der Waals surface area contributed by atoms with Gasteiger partial charge in [0, 0.05) is 6.42 Å². The minimum atomic E-state index is -0.0809. The summed E-state index contributed by atoms with van der Waals surface area (Å²) in [5.74, 6) is 1.18. The summed E-state index contributed by atoms with van der Waals surface area (Å²) in [6.07, 6.45) is 1.08. The number of rotatable bonds is 6. The van der Waals surface area contributed by atoms with E-state index in [9.17, 15) is 4.79 Å². The number of benzene rings is 2. The van der Waals surface area contributed by atoms with Crippen molar-refractivity contribution >= 4 is 27.3 Å². The van der Waals surface area contributed by atoms with Crippen LogP contribution in [-0.4, -0.2) is 32.8 Å². The van der Waals surface area contributed by atoms with Gasteiger partial charge in [-0.15, -0.1) is 15.3 Å². The molecule has 0 aliphatic heterocycles.